The van der Waals surface area contributed by atoms with Crippen LogP contribution in [0.3, 0.4) is 0 Å². The van der Waals surface area contributed by atoms with Gasteiger partial charge in [0.25, 0.3) is 0 Å². The fourth-order valence-electron chi connectivity index (χ4n) is 4.37. The van der Waals surface area contributed by atoms with Crippen LogP contribution in [0.25, 0.3) is 6.08 Å². The smallest absolute Gasteiger partial charge is 0.343 e. The molecule has 1 aliphatic rings. The van der Waals surface area contributed by atoms with Crippen LogP contribution in [0, 0.1) is 5.92 Å². The third kappa shape index (κ3) is 6.58. The summed E-state index contributed by atoms with van der Waals surface area (Å²) in [5.41, 5.74) is 3.10. The molecule has 1 aliphatic carbocycles. The zero-order chi connectivity index (χ0) is 21.2. The number of ether oxygens (including phenoxy) is 1. The van der Waals surface area contributed by atoms with Crippen LogP contribution in [0.2, 0.25) is 0 Å². The summed E-state index contributed by atoms with van der Waals surface area (Å²) in [6.45, 7) is 4.44. The van der Waals surface area contributed by atoms with E-state index < -0.39 is 0 Å². The molecule has 0 bridgehead atoms. The van der Waals surface area contributed by atoms with E-state index in [9.17, 15) is 4.79 Å². The summed E-state index contributed by atoms with van der Waals surface area (Å²) in [4.78, 5) is 12.5. The van der Waals surface area contributed by atoms with Gasteiger partial charge in [-0.15, -0.1) is 0 Å². The van der Waals surface area contributed by atoms with Crippen molar-refractivity contribution in [3.63, 3.8) is 0 Å². The summed E-state index contributed by atoms with van der Waals surface area (Å²) in [6, 6.07) is 15.8. The highest BCUT2D eigenvalue weighted by atomic mass is 16.5. The van der Waals surface area contributed by atoms with Gasteiger partial charge in [-0.1, -0.05) is 75.9 Å². The molecule has 0 radical (unpaired) electrons. The van der Waals surface area contributed by atoms with Crippen LogP contribution in [0.15, 0.2) is 54.6 Å². The number of rotatable bonds is 9. The van der Waals surface area contributed by atoms with Gasteiger partial charge in [0.05, 0.1) is 5.56 Å². The van der Waals surface area contributed by atoms with Gasteiger partial charge in [0, 0.05) is 0 Å². The number of benzene rings is 2. The molecule has 0 aliphatic heterocycles. The molecule has 2 aromatic rings. The molecule has 1 fully saturated rings. The predicted octanol–water partition coefficient (Wildman–Crippen LogP) is 8.18. The molecule has 3 rings (SSSR count). The maximum atomic E-state index is 12.5. The van der Waals surface area contributed by atoms with Crippen molar-refractivity contribution in [3.05, 3.63) is 71.3 Å². The normalized spacial score (nSPS) is 19.1. The largest absolute Gasteiger partial charge is 0.423 e. The van der Waals surface area contributed by atoms with Gasteiger partial charge < -0.3 is 4.74 Å². The van der Waals surface area contributed by atoms with Crippen LogP contribution in [-0.2, 0) is 0 Å². The van der Waals surface area contributed by atoms with Gasteiger partial charge in [-0.05, 0) is 79.3 Å². The Hall–Kier alpha value is -2.35. The van der Waals surface area contributed by atoms with E-state index in [4.69, 9.17) is 4.74 Å². The van der Waals surface area contributed by atoms with Crippen molar-refractivity contribution in [2.45, 2.75) is 77.6 Å². The molecule has 2 nitrogen and oxygen atoms in total. The Morgan fingerprint density at radius 1 is 0.933 bits per heavy atom. The Labute approximate surface area is 182 Å². The van der Waals surface area contributed by atoms with Crippen LogP contribution in [0.1, 0.15) is 99.0 Å². The molecule has 30 heavy (non-hydrogen) atoms. The summed E-state index contributed by atoms with van der Waals surface area (Å²) in [6.07, 6.45) is 15.8. The Morgan fingerprint density at radius 3 is 2.27 bits per heavy atom. The SMILES string of the molecule is CCC/C=C/c1ccc(OC(=O)c2ccc(C3CCC(CCCC)CC3)cc2)cc1. The van der Waals surface area contributed by atoms with E-state index >= 15 is 0 Å². The van der Waals surface area contributed by atoms with Crippen molar-refractivity contribution in [2.24, 2.45) is 5.92 Å². The maximum absolute atomic E-state index is 12.5. The number of carbonyl (C=O) groups is 1. The molecule has 0 spiro atoms. The summed E-state index contributed by atoms with van der Waals surface area (Å²) in [7, 11) is 0. The van der Waals surface area contributed by atoms with Crippen LogP contribution in [-0.4, -0.2) is 5.97 Å². The van der Waals surface area contributed by atoms with Crippen molar-refractivity contribution in [1.29, 1.82) is 0 Å². The molecule has 0 aromatic heterocycles. The molecule has 160 valence electrons. The van der Waals surface area contributed by atoms with E-state index in [-0.39, 0.29) is 5.97 Å². The van der Waals surface area contributed by atoms with E-state index in [2.05, 4.69) is 38.1 Å². The summed E-state index contributed by atoms with van der Waals surface area (Å²) >= 11 is 0. The van der Waals surface area contributed by atoms with Crippen LogP contribution in [0.4, 0.5) is 0 Å². The summed E-state index contributed by atoms with van der Waals surface area (Å²) in [5, 5.41) is 0. The lowest BCUT2D eigenvalue weighted by molar-refractivity contribution is 0.0734. The number of carbonyl (C=O) groups excluding carboxylic acids is 1. The van der Waals surface area contributed by atoms with Gasteiger partial charge in [-0.25, -0.2) is 4.79 Å². The molecule has 0 amide bonds. The van der Waals surface area contributed by atoms with E-state index in [0.717, 1.165) is 24.3 Å². The van der Waals surface area contributed by atoms with Gasteiger partial charge in [-0.2, -0.15) is 0 Å². The number of allylic oxidation sites excluding steroid dienone is 1. The number of esters is 1. The molecule has 0 unspecified atom stereocenters. The van der Waals surface area contributed by atoms with E-state index in [1.165, 1.54) is 50.5 Å². The second-order valence-electron chi connectivity index (χ2n) is 8.63. The fraction of sp³-hybridized carbons (Fsp3) is 0.464. The molecular formula is C28H36O2. The quantitative estimate of drug-likeness (QED) is 0.311. The monoisotopic (exact) mass is 404 g/mol. The standard InChI is InChI=1S/C28H36O2/c1-3-5-7-9-23-12-20-27(21-13-23)30-28(29)26-18-16-25(17-19-26)24-14-10-22(11-15-24)8-6-4-2/h7,9,12-13,16-22,24H,3-6,8,10-11,14-15H2,1-2H3/b9-7+. The van der Waals surface area contributed by atoms with E-state index in [1.807, 2.05) is 36.4 Å². The average molecular weight is 405 g/mol. The third-order valence-corrected chi connectivity index (χ3v) is 6.29. The minimum absolute atomic E-state index is 0.293. The van der Waals surface area contributed by atoms with Gasteiger partial charge in [-0.3, -0.25) is 0 Å². The predicted molar refractivity (Wildman–Crippen MR) is 126 cm³/mol. The Morgan fingerprint density at radius 2 is 1.63 bits per heavy atom. The van der Waals surface area contributed by atoms with Crippen molar-refractivity contribution in [2.75, 3.05) is 0 Å². The minimum atomic E-state index is -0.293. The Balaban J connectivity index is 1.51. The zero-order valence-electron chi connectivity index (χ0n) is 18.6. The summed E-state index contributed by atoms with van der Waals surface area (Å²) < 4.78 is 5.55. The number of hydrogen-bond donors (Lipinski definition) is 0. The first-order chi connectivity index (χ1) is 14.7. The van der Waals surface area contributed by atoms with Gasteiger partial charge in [0.1, 0.15) is 5.75 Å². The lowest BCUT2D eigenvalue weighted by Crippen LogP contribution is -2.14. The average Bonchev–Trinajstić information content (AvgIpc) is 2.79. The Kier molecular flexibility index (Phi) is 8.74. The number of hydrogen-bond acceptors (Lipinski definition) is 2. The second kappa shape index (κ2) is 11.7. The Bertz CT molecular complexity index is 794. The lowest BCUT2D eigenvalue weighted by atomic mass is 9.77. The molecule has 1 saturated carbocycles. The van der Waals surface area contributed by atoms with Gasteiger partial charge in [0.15, 0.2) is 0 Å². The van der Waals surface area contributed by atoms with E-state index in [0.29, 0.717) is 17.2 Å². The second-order valence-corrected chi connectivity index (χ2v) is 8.63. The lowest BCUT2D eigenvalue weighted by Gasteiger charge is -2.28. The van der Waals surface area contributed by atoms with E-state index in [1.54, 1.807) is 0 Å². The maximum Gasteiger partial charge on any atom is 0.343 e. The fourth-order valence-corrected chi connectivity index (χ4v) is 4.37. The molecule has 0 N–H and O–H groups in total. The van der Waals surface area contributed by atoms with Crippen molar-refractivity contribution < 1.29 is 9.53 Å². The van der Waals surface area contributed by atoms with Gasteiger partial charge >= 0.3 is 5.97 Å². The van der Waals surface area contributed by atoms with Crippen molar-refractivity contribution in [3.8, 4) is 5.75 Å². The molecule has 0 atom stereocenters. The molecule has 2 aromatic carbocycles. The zero-order valence-corrected chi connectivity index (χ0v) is 18.6. The molecule has 2 heteroatoms. The number of unbranched alkanes of at least 4 members (excludes halogenated alkanes) is 2. The van der Waals surface area contributed by atoms with Crippen LogP contribution >= 0.6 is 0 Å². The molecule has 0 saturated heterocycles. The van der Waals surface area contributed by atoms with Crippen LogP contribution < -0.4 is 4.74 Å². The van der Waals surface area contributed by atoms with Gasteiger partial charge in [0.2, 0.25) is 0 Å². The minimum Gasteiger partial charge on any atom is -0.423 e. The van der Waals surface area contributed by atoms with Crippen LogP contribution in [0.5, 0.6) is 5.75 Å². The first-order valence-corrected chi connectivity index (χ1v) is 11.8. The van der Waals surface area contributed by atoms with Crippen molar-refractivity contribution >= 4 is 12.0 Å². The topological polar surface area (TPSA) is 26.3 Å². The highest BCUT2D eigenvalue weighted by Gasteiger charge is 2.22. The van der Waals surface area contributed by atoms with Crippen molar-refractivity contribution in [1.82, 2.24) is 0 Å². The molecule has 0 heterocycles. The third-order valence-electron chi connectivity index (χ3n) is 6.29. The highest BCUT2D eigenvalue weighted by Crippen LogP contribution is 2.37. The summed E-state index contributed by atoms with van der Waals surface area (Å²) in [5.74, 6) is 1.85. The first kappa shape index (κ1) is 22.3. The molecular weight excluding hydrogens is 368 g/mol. The highest BCUT2D eigenvalue weighted by molar-refractivity contribution is 5.91. The first-order valence-electron chi connectivity index (χ1n) is 11.8.